The smallest absolute Gasteiger partial charge is 0.329 e. The van der Waals surface area contributed by atoms with Crippen LogP contribution in [0.3, 0.4) is 0 Å². The van der Waals surface area contributed by atoms with Crippen molar-refractivity contribution in [1.29, 1.82) is 0 Å². The molecule has 2 fully saturated rings. The highest BCUT2D eigenvalue weighted by Gasteiger charge is 2.25. The Bertz CT molecular complexity index is 403. The maximum absolute atomic E-state index is 11.7. The molecule has 2 aliphatic rings. The van der Waals surface area contributed by atoms with E-state index in [4.69, 9.17) is 9.84 Å². The van der Waals surface area contributed by atoms with Crippen LogP contribution in [-0.4, -0.2) is 66.3 Å². The highest BCUT2D eigenvalue weighted by Crippen LogP contribution is 2.18. The molecule has 1 aliphatic carbocycles. The Morgan fingerprint density at radius 2 is 1.81 bits per heavy atom. The van der Waals surface area contributed by atoms with Crippen LogP contribution in [0.1, 0.15) is 25.7 Å². The lowest BCUT2D eigenvalue weighted by atomic mass is 10.1. The van der Waals surface area contributed by atoms with Crippen molar-refractivity contribution in [3.05, 3.63) is 0 Å². The van der Waals surface area contributed by atoms with E-state index in [2.05, 4.69) is 10.6 Å². The molecule has 0 spiro atoms. The molecule has 0 bridgehead atoms. The number of urea groups is 1. The lowest BCUT2D eigenvalue weighted by Gasteiger charge is -2.30. The second-order valence-electron chi connectivity index (χ2n) is 5.48. The van der Waals surface area contributed by atoms with Gasteiger partial charge in [-0.25, -0.2) is 9.59 Å². The van der Waals surface area contributed by atoms with Crippen molar-refractivity contribution in [2.75, 3.05) is 26.2 Å². The average Bonchev–Trinajstić information content (AvgIpc) is 3.21. The van der Waals surface area contributed by atoms with Gasteiger partial charge in [0.2, 0.25) is 5.91 Å². The Hall–Kier alpha value is -1.67. The summed E-state index contributed by atoms with van der Waals surface area (Å²) in [6.07, 6.45) is 3.26. The van der Waals surface area contributed by atoms with Crippen molar-refractivity contribution in [2.24, 2.45) is 0 Å². The summed E-state index contributed by atoms with van der Waals surface area (Å²) in [5.74, 6) is -1.29. The highest BCUT2D eigenvalue weighted by atomic mass is 16.5. The zero-order valence-corrected chi connectivity index (χ0v) is 11.8. The van der Waals surface area contributed by atoms with Gasteiger partial charge < -0.3 is 15.2 Å². The van der Waals surface area contributed by atoms with Gasteiger partial charge in [-0.05, 0) is 25.7 Å². The predicted molar refractivity (Wildman–Crippen MR) is 72.7 cm³/mol. The summed E-state index contributed by atoms with van der Waals surface area (Å²) >= 11 is 0. The Balaban J connectivity index is 1.59. The molecule has 0 radical (unpaired) electrons. The van der Waals surface area contributed by atoms with Crippen molar-refractivity contribution in [2.45, 2.75) is 37.8 Å². The third-order valence-electron chi connectivity index (χ3n) is 3.51. The predicted octanol–water partition coefficient (Wildman–Crippen LogP) is -0.460. The Kier molecular flexibility index (Phi) is 5.51. The van der Waals surface area contributed by atoms with Crippen LogP contribution in [0.4, 0.5) is 4.79 Å². The van der Waals surface area contributed by atoms with E-state index in [1.165, 1.54) is 0 Å². The molecule has 1 aliphatic heterocycles. The lowest BCUT2D eigenvalue weighted by Crippen LogP contribution is -2.47. The van der Waals surface area contributed by atoms with Gasteiger partial charge in [-0.2, -0.15) is 0 Å². The van der Waals surface area contributed by atoms with Crippen LogP contribution in [0.25, 0.3) is 0 Å². The third kappa shape index (κ3) is 6.09. The van der Waals surface area contributed by atoms with Gasteiger partial charge in [0.15, 0.2) is 0 Å². The molecule has 118 valence electrons. The zero-order valence-electron chi connectivity index (χ0n) is 11.8. The molecule has 8 heteroatoms. The SMILES string of the molecule is O=C(O)COC1CCN(CC(=O)NC(=O)NC2CC2)CC1. The molecule has 8 nitrogen and oxygen atoms in total. The fourth-order valence-electron chi connectivity index (χ4n) is 2.24. The van der Waals surface area contributed by atoms with Gasteiger partial charge >= 0.3 is 12.0 Å². The van der Waals surface area contributed by atoms with Gasteiger partial charge in [0.25, 0.3) is 0 Å². The second-order valence-corrected chi connectivity index (χ2v) is 5.48. The number of carbonyl (C=O) groups is 3. The van der Waals surface area contributed by atoms with Crippen molar-refractivity contribution in [1.82, 2.24) is 15.5 Å². The van der Waals surface area contributed by atoms with Gasteiger partial charge in [0, 0.05) is 19.1 Å². The number of carboxylic acids is 1. The van der Waals surface area contributed by atoms with E-state index in [-0.39, 0.29) is 31.2 Å². The first kappa shape index (κ1) is 15.7. The first-order valence-electron chi connectivity index (χ1n) is 7.19. The van der Waals surface area contributed by atoms with E-state index in [1.54, 1.807) is 0 Å². The number of hydrogen-bond donors (Lipinski definition) is 3. The largest absolute Gasteiger partial charge is 0.480 e. The monoisotopic (exact) mass is 299 g/mol. The summed E-state index contributed by atoms with van der Waals surface area (Å²) in [4.78, 5) is 35.4. The molecular formula is C13H21N3O5. The first-order valence-corrected chi connectivity index (χ1v) is 7.19. The lowest BCUT2D eigenvalue weighted by molar-refractivity contribution is -0.145. The number of nitrogens with zero attached hydrogens (tertiary/aromatic N) is 1. The first-order chi connectivity index (χ1) is 10.0. The molecule has 21 heavy (non-hydrogen) atoms. The van der Waals surface area contributed by atoms with Crippen LogP contribution in [-0.2, 0) is 14.3 Å². The summed E-state index contributed by atoms with van der Waals surface area (Å²) in [6.45, 7) is 1.19. The second kappa shape index (κ2) is 7.37. The number of hydrogen-bond acceptors (Lipinski definition) is 5. The minimum absolute atomic E-state index is 0.0708. The Labute approximate surface area is 122 Å². The minimum atomic E-state index is -0.974. The molecule has 3 N–H and O–H groups in total. The van der Waals surface area contributed by atoms with Crippen molar-refractivity contribution >= 4 is 17.9 Å². The van der Waals surface area contributed by atoms with Crippen LogP contribution >= 0.6 is 0 Å². The molecule has 3 amide bonds. The number of nitrogens with one attached hydrogen (secondary N) is 2. The maximum Gasteiger partial charge on any atom is 0.329 e. The minimum Gasteiger partial charge on any atom is -0.480 e. The molecule has 1 heterocycles. The molecule has 0 aromatic rings. The van der Waals surface area contributed by atoms with Gasteiger partial charge in [0.05, 0.1) is 12.6 Å². The summed E-state index contributed by atoms with van der Waals surface area (Å²) in [5.41, 5.74) is 0. The zero-order chi connectivity index (χ0) is 15.2. The summed E-state index contributed by atoms with van der Waals surface area (Å²) in [6, 6.07) is -0.206. The molecule has 0 aromatic heterocycles. The van der Waals surface area contributed by atoms with Crippen LogP contribution in [0.5, 0.6) is 0 Å². The van der Waals surface area contributed by atoms with E-state index in [9.17, 15) is 14.4 Å². The van der Waals surface area contributed by atoms with Gasteiger partial charge in [0.1, 0.15) is 6.61 Å². The van der Waals surface area contributed by atoms with E-state index >= 15 is 0 Å². The summed E-state index contributed by atoms with van der Waals surface area (Å²) in [7, 11) is 0. The fourth-order valence-corrected chi connectivity index (χ4v) is 2.24. The number of likely N-dealkylation sites (tertiary alicyclic amines) is 1. The molecule has 1 saturated heterocycles. The maximum atomic E-state index is 11.7. The van der Waals surface area contributed by atoms with E-state index in [1.807, 2.05) is 4.90 Å². The number of carboxylic acid groups (broad SMARTS) is 1. The average molecular weight is 299 g/mol. The number of piperidine rings is 1. The molecule has 1 saturated carbocycles. The van der Waals surface area contributed by atoms with Gasteiger partial charge in [-0.3, -0.25) is 15.0 Å². The number of imide groups is 1. The molecule has 0 atom stereocenters. The summed E-state index contributed by atoms with van der Waals surface area (Å²) in [5, 5.41) is 13.5. The quantitative estimate of drug-likeness (QED) is 0.612. The van der Waals surface area contributed by atoms with Crippen LogP contribution in [0.2, 0.25) is 0 Å². The van der Waals surface area contributed by atoms with Crippen LogP contribution in [0, 0.1) is 0 Å². The topological polar surface area (TPSA) is 108 Å². The normalized spacial score (nSPS) is 20.0. The molecular weight excluding hydrogens is 278 g/mol. The van der Waals surface area contributed by atoms with Crippen LogP contribution in [0.15, 0.2) is 0 Å². The Morgan fingerprint density at radius 1 is 1.14 bits per heavy atom. The fraction of sp³-hybridized carbons (Fsp3) is 0.769. The standard InChI is InChI=1S/C13H21N3O5/c17-11(15-13(20)14-9-1-2-9)7-16-5-3-10(4-6-16)21-8-12(18)19/h9-10H,1-8H2,(H,18,19)(H2,14,15,17,20). The van der Waals surface area contributed by atoms with Crippen molar-refractivity contribution < 1.29 is 24.2 Å². The van der Waals surface area contributed by atoms with E-state index < -0.39 is 12.0 Å². The van der Waals surface area contributed by atoms with Crippen LogP contribution < -0.4 is 10.6 Å². The number of ether oxygens (including phenoxy) is 1. The molecule has 2 rings (SSSR count). The highest BCUT2D eigenvalue weighted by molar-refractivity contribution is 5.95. The molecule has 0 unspecified atom stereocenters. The summed E-state index contributed by atoms with van der Waals surface area (Å²) < 4.78 is 5.22. The van der Waals surface area contributed by atoms with Gasteiger partial charge in [-0.1, -0.05) is 0 Å². The van der Waals surface area contributed by atoms with E-state index in [0.717, 1.165) is 12.8 Å². The number of carbonyl (C=O) groups excluding carboxylic acids is 2. The van der Waals surface area contributed by atoms with E-state index in [0.29, 0.717) is 25.9 Å². The molecule has 0 aromatic carbocycles. The number of aliphatic carboxylic acids is 1. The third-order valence-corrected chi connectivity index (χ3v) is 3.51. The number of amides is 3. The van der Waals surface area contributed by atoms with Gasteiger partial charge in [-0.15, -0.1) is 0 Å². The van der Waals surface area contributed by atoms with Crippen molar-refractivity contribution in [3.8, 4) is 0 Å². The Morgan fingerprint density at radius 3 is 2.38 bits per heavy atom. The van der Waals surface area contributed by atoms with Crippen molar-refractivity contribution in [3.63, 3.8) is 0 Å². The number of rotatable bonds is 6.